The van der Waals surface area contributed by atoms with Gasteiger partial charge in [-0.25, -0.2) is 4.79 Å². The van der Waals surface area contributed by atoms with Crippen LogP contribution in [-0.4, -0.2) is 48.9 Å². The van der Waals surface area contributed by atoms with Gasteiger partial charge in [0.25, 0.3) is 5.91 Å². The van der Waals surface area contributed by atoms with Crippen LogP contribution in [-0.2, 0) is 12.7 Å². The van der Waals surface area contributed by atoms with E-state index in [0.29, 0.717) is 24.1 Å². The molecule has 1 amide bonds. The van der Waals surface area contributed by atoms with Gasteiger partial charge in [-0.3, -0.25) is 9.69 Å². The number of piperazine rings is 1. The zero-order valence-corrected chi connectivity index (χ0v) is 17.4. The first kappa shape index (κ1) is 22.0. The number of fused-ring (bicyclic) bond motifs is 1. The maximum atomic E-state index is 13.7. The van der Waals surface area contributed by atoms with E-state index in [1.807, 2.05) is 11.9 Å². The molecule has 168 valence electrons. The first-order chi connectivity index (χ1) is 15.2. The lowest BCUT2D eigenvalue weighted by Crippen LogP contribution is -2.44. The summed E-state index contributed by atoms with van der Waals surface area (Å²) in [5.74, 6) is -0.829. The summed E-state index contributed by atoms with van der Waals surface area (Å²) in [6.07, 6.45) is -4.58. The maximum Gasteiger partial charge on any atom is 0.416 e. The van der Waals surface area contributed by atoms with Crippen LogP contribution in [0.2, 0.25) is 0 Å². The van der Waals surface area contributed by atoms with Gasteiger partial charge in [-0.1, -0.05) is 24.3 Å². The molecule has 4 rings (SSSR count). The lowest BCUT2D eigenvalue weighted by atomic mass is 10.0. The van der Waals surface area contributed by atoms with E-state index in [9.17, 15) is 22.8 Å². The number of carbonyl (C=O) groups is 1. The first-order valence-electron chi connectivity index (χ1n) is 10.2. The van der Waals surface area contributed by atoms with Crippen LogP contribution in [0.4, 0.5) is 18.9 Å². The average Bonchev–Trinajstić information content (AvgIpc) is 2.75. The lowest BCUT2D eigenvalue weighted by Gasteiger charge is -2.33. The number of benzene rings is 2. The van der Waals surface area contributed by atoms with E-state index in [-0.39, 0.29) is 23.4 Å². The molecule has 3 aromatic rings. The Morgan fingerprint density at radius 3 is 2.50 bits per heavy atom. The number of hydrogen-bond donors (Lipinski definition) is 1. The Kier molecular flexibility index (Phi) is 6.03. The van der Waals surface area contributed by atoms with Crippen molar-refractivity contribution >= 4 is 22.6 Å². The summed E-state index contributed by atoms with van der Waals surface area (Å²) in [7, 11) is 1.98. The van der Waals surface area contributed by atoms with Gasteiger partial charge >= 0.3 is 11.8 Å². The SMILES string of the molecule is CN1CCN(Cc2ccc(NC(=O)c3cc4ccccc4oc3=O)cc2C(F)(F)F)CC1. The monoisotopic (exact) mass is 445 g/mol. The van der Waals surface area contributed by atoms with Crippen molar-refractivity contribution in [3.05, 3.63) is 75.6 Å². The smallest absolute Gasteiger partial charge is 0.416 e. The van der Waals surface area contributed by atoms with Gasteiger partial charge in [0, 0.05) is 43.8 Å². The summed E-state index contributed by atoms with van der Waals surface area (Å²) in [5.41, 5.74) is -1.52. The number of alkyl halides is 3. The molecule has 1 fully saturated rings. The zero-order valence-electron chi connectivity index (χ0n) is 17.4. The van der Waals surface area contributed by atoms with Crippen molar-refractivity contribution in [1.82, 2.24) is 9.80 Å². The molecule has 1 aliphatic rings. The highest BCUT2D eigenvalue weighted by Gasteiger charge is 2.34. The summed E-state index contributed by atoms with van der Waals surface area (Å²) in [4.78, 5) is 28.9. The fourth-order valence-corrected chi connectivity index (χ4v) is 3.72. The summed E-state index contributed by atoms with van der Waals surface area (Å²) >= 11 is 0. The van der Waals surface area contributed by atoms with Crippen LogP contribution >= 0.6 is 0 Å². The van der Waals surface area contributed by atoms with E-state index in [0.717, 1.165) is 19.2 Å². The second-order valence-corrected chi connectivity index (χ2v) is 7.89. The second kappa shape index (κ2) is 8.76. The van der Waals surface area contributed by atoms with E-state index in [1.54, 1.807) is 24.3 Å². The largest absolute Gasteiger partial charge is 0.422 e. The molecule has 1 aliphatic heterocycles. The van der Waals surface area contributed by atoms with Crippen LogP contribution in [0.25, 0.3) is 11.0 Å². The minimum absolute atomic E-state index is 0.0444. The second-order valence-electron chi connectivity index (χ2n) is 7.89. The molecule has 0 saturated carbocycles. The van der Waals surface area contributed by atoms with Crippen LogP contribution < -0.4 is 10.9 Å². The van der Waals surface area contributed by atoms with E-state index in [2.05, 4.69) is 10.2 Å². The molecule has 6 nitrogen and oxygen atoms in total. The summed E-state index contributed by atoms with van der Waals surface area (Å²) in [5, 5.41) is 2.93. The third kappa shape index (κ3) is 4.84. The fraction of sp³-hybridized carbons (Fsp3) is 0.304. The molecule has 0 unspecified atom stereocenters. The van der Waals surface area contributed by atoms with Crippen LogP contribution in [0.3, 0.4) is 0 Å². The van der Waals surface area contributed by atoms with Crippen molar-refractivity contribution < 1.29 is 22.4 Å². The molecule has 0 spiro atoms. The van der Waals surface area contributed by atoms with Gasteiger partial charge in [-0.2, -0.15) is 13.2 Å². The van der Waals surface area contributed by atoms with Crippen molar-refractivity contribution in [3.63, 3.8) is 0 Å². The van der Waals surface area contributed by atoms with E-state index < -0.39 is 23.3 Å². The molecule has 2 aromatic carbocycles. The Hall–Kier alpha value is -3.17. The number of para-hydroxylation sites is 1. The molecular weight excluding hydrogens is 423 g/mol. The number of carbonyl (C=O) groups excluding carboxylic acids is 1. The quantitative estimate of drug-likeness (QED) is 0.619. The van der Waals surface area contributed by atoms with Crippen LogP contribution in [0, 0.1) is 0 Å². The number of rotatable bonds is 4. The Bertz CT molecular complexity index is 1200. The van der Waals surface area contributed by atoms with Crippen molar-refractivity contribution in [2.24, 2.45) is 0 Å². The van der Waals surface area contributed by atoms with Crippen LogP contribution in [0.5, 0.6) is 0 Å². The van der Waals surface area contributed by atoms with E-state index in [1.165, 1.54) is 18.2 Å². The van der Waals surface area contributed by atoms with E-state index in [4.69, 9.17) is 4.42 Å². The zero-order chi connectivity index (χ0) is 22.9. The molecule has 0 atom stereocenters. The Morgan fingerprint density at radius 1 is 1.06 bits per heavy atom. The summed E-state index contributed by atoms with van der Waals surface area (Å²) in [6.45, 7) is 3.13. The third-order valence-corrected chi connectivity index (χ3v) is 5.55. The fourth-order valence-electron chi connectivity index (χ4n) is 3.72. The van der Waals surface area contributed by atoms with Gasteiger partial charge in [0.2, 0.25) is 0 Å². The number of nitrogens with one attached hydrogen (secondary N) is 1. The molecule has 0 bridgehead atoms. The highest BCUT2D eigenvalue weighted by molar-refractivity contribution is 6.05. The summed E-state index contributed by atoms with van der Waals surface area (Å²) < 4.78 is 46.4. The molecule has 1 aromatic heterocycles. The van der Waals surface area contributed by atoms with Gasteiger partial charge in [0.05, 0.1) is 5.56 Å². The van der Waals surface area contributed by atoms with Crippen molar-refractivity contribution in [1.29, 1.82) is 0 Å². The lowest BCUT2D eigenvalue weighted by molar-refractivity contribution is -0.138. The predicted octanol–water partition coefficient (Wildman–Crippen LogP) is 3.81. The first-order valence-corrected chi connectivity index (χ1v) is 10.2. The molecule has 32 heavy (non-hydrogen) atoms. The molecule has 0 radical (unpaired) electrons. The van der Waals surface area contributed by atoms with Crippen molar-refractivity contribution in [2.75, 3.05) is 38.5 Å². The normalized spacial score (nSPS) is 15.8. The van der Waals surface area contributed by atoms with Crippen molar-refractivity contribution in [2.45, 2.75) is 12.7 Å². The number of likely N-dealkylation sites (N-methyl/N-ethyl adjacent to an activating group) is 1. The predicted molar refractivity (Wildman–Crippen MR) is 115 cm³/mol. The standard InChI is InChI=1S/C23H22F3N3O3/c1-28-8-10-29(11-9-28)14-16-6-7-17(13-19(16)23(24,25)26)27-21(30)18-12-15-4-2-3-5-20(15)32-22(18)31/h2-7,12-13H,8-11,14H2,1H3,(H,27,30). The number of hydrogen-bond acceptors (Lipinski definition) is 5. The molecule has 1 N–H and O–H groups in total. The molecular formula is C23H22F3N3O3. The van der Waals surface area contributed by atoms with Gasteiger partial charge in [-0.05, 0) is 36.9 Å². The highest BCUT2D eigenvalue weighted by atomic mass is 19.4. The highest BCUT2D eigenvalue weighted by Crippen LogP contribution is 2.34. The number of halogens is 3. The maximum absolute atomic E-state index is 13.7. The van der Waals surface area contributed by atoms with Gasteiger partial charge in [0.15, 0.2) is 0 Å². The van der Waals surface area contributed by atoms with Crippen LogP contribution in [0.1, 0.15) is 21.5 Å². The third-order valence-electron chi connectivity index (χ3n) is 5.55. The Labute approximate surface area is 182 Å². The minimum Gasteiger partial charge on any atom is -0.422 e. The van der Waals surface area contributed by atoms with E-state index >= 15 is 0 Å². The number of anilines is 1. The number of amides is 1. The van der Waals surface area contributed by atoms with Crippen LogP contribution in [0.15, 0.2) is 57.7 Å². The molecule has 2 heterocycles. The Balaban J connectivity index is 1.58. The van der Waals surface area contributed by atoms with Gasteiger partial charge in [-0.15, -0.1) is 0 Å². The minimum atomic E-state index is -4.58. The Morgan fingerprint density at radius 2 is 1.78 bits per heavy atom. The molecule has 0 aliphatic carbocycles. The van der Waals surface area contributed by atoms with Gasteiger partial charge < -0.3 is 14.6 Å². The number of nitrogens with zero attached hydrogens (tertiary/aromatic N) is 2. The van der Waals surface area contributed by atoms with Gasteiger partial charge in [0.1, 0.15) is 11.1 Å². The molecule has 9 heteroatoms. The topological polar surface area (TPSA) is 65.8 Å². The molecule has 1 saturated heterocycles. The summed E-state index contributed by atoms with van der Waals surface area (Å²) in [6, 6.07) is 11.7. The average molecular weight is 445 g/mol. The van der Waals surface area contributed by atoms with Crippen molar-refractivity contribution in [3.8, 4) is 0 Å².